The number of aliphatic hydroxyl groups excluding tert-OH is 3. The summed E-state index contributed by atoms with van der Waals surface area (Å²) >= 11 is 0. The molecule has 6 N–H and O–H groups in total. The molecule has 1 aromatic heterocycles. The summed E-state index contributed by atoms with van der Waals surface area (Å²) in [6.45, 7) is -0.952. The van der Waals surface area contributed by atoms with Gasteiger partial charge in [-0.3, -0.25) is 4.57 Å². The monoisotopic (exact) mass is 260 g/mol. The van der Waals surface area contributed by atoms with Crippen molar-refractivity contribution in [1.82, 2.24) is 14.5 Å². The third-order valence-corrected chi connectivity index (χ3v) is 2.65. The minimum Gasteiger partial charge on any atom is -0.391 e. The first-order valence-electron chi connectivity index (χ1n) is 4.97. The molecular formula is C8H12N4O6. The number of nitrogen functional groups attached to an aromatic ring is 1. The van der Waals surface area contributed by atoms with Gasteiger partial charge in [-0.2, -0.15) is 4.98 Å². The van der Waals surface area contributed by atoms with E-state index in [1.54, 1.807) is 0 Å². The van der Waals surface area contributed by atoms with Gasteiger partial charge in [0.25, 0.3) is 0 Å². The number of ether oxygens (including phenoxy) is 1. The highest BCUT2D eigenvalue weighted by Crippen LogP contribution is 2.34. The predicted octanol–water partition coefficient (Wildman–Crippen LogP) is -3.85. The van der Waals surface area contributed by atoms with E-state index in [-0.39, 0.29) is 5.95 Å². The Balaban J connectivity index is 2.38. The third-order valence-electron chi connectivity index (χ3n) is 2.65. The van der Waals surface area contributed by atoms with Crippen LogP contribution in [-0.4, -0.2) is 59.6 Å². The molecule has 0 amide bonds. The molecule has 18 heavy (non-hydrogen) atoms. The summed E-state index contributed by atoms with van der Waals surface area (Å²) in [6.07, 6.45) is -3.89. The van der Waals surface area contributed by atoms with Gasteiger partial charge < -0.3 is 30.9 Å². The van der Waals surface area contributed by atoms with E-state index in [1.807, 2.05) is 0 Å². The molecule has 4 atom stereocenters. The van der Waals surface area contributed by atoms with Crippen LogP contribution in [-0.2, 0) is 4.74 Å². The van der Waals surface area contributed by atoms with Crippen molar-refractivity contribution in [3.05, 3.63) is 16.8 Å². The zero-order valence-corrected chi connectivity index (χ0v) is 9.04. The van der Waals surface area contributed by atoms with Gasteiger partial charge >= 0.3 is 5.69 Å². The van der Waals surface area contributed by atoms with Crippen LogP contribution in [0, 0.1) is 0 Å². The topological polar surface area (TPSA) is 164 Å². The van der Waals surface area contributed by atoms with Crippen molar-refractivity contribution in [2.45, 2.75) is 24.2 Å². The highest BCUT2D eigenvalue weighted by Gasteiger charge is 2.54. The number of rotatable bonds is 2. The van der Waals surface area contributed by atoms with Gasteiger partial charge in [0.05, 0.1) is 6.61 Å². The van der Waals surface area contributed by atoms with Gasteiger partial charge in [0.1, 0.15) is 18.5 Å². The molecule has 4 unspecified atom stereocenters. The third kappa shape index (κ3) is 1.85. The Kier molecular flexibility index (Phi) is 3.04. The first-order valence-corrected chi connectivity index (χ1v) is 4.97. The molecule has 10 nitrogen and oxygen atoms in total. The van der Waals surface area contributed by atoms with Crippen LogP contribution in [0.15, 0.2) is 11.1 Å². The summed E-state index contributed by atoms with van der Waals surface area (Å²) in [6, 6.07) is 0. The van der Waals surface area contributed by atoms with E-state index in [4.69, 9.17) is 15.6 Å². The number of anilines is 1. The molecule has 1 aliphatic heterocycles. The molecule has 0 aromatic carbocycles. The number of hydrogen-bond donors (Lipinski definition) is 5. The quantitative estimate of drug-likeness (QED) is 0.358. The van der Waals surface area contributed by atoms with Gasteiger partial charge in [-0.1, -0.05) is 0 Å². The van der Waals surface area contributed by atoms with E-state index >= 15 is 0 Å². The minimum absolute atomic E-state index is 0.262. The van der Waals surface area contributed by atoms with Crippen LogP contribution in [0.25, 0.3) is 0 Å². The smallest absolute Gasteiger partial charge is 0.354 e. The molecule has 2 rings (SSSR count). The second-order valence-corrected chi connectivity index (χ2v) is 3.85. The second kappa shape index (κ2) is 4.26. The van der Waals surface area contributed by atoms with Gasteiger partial charge in [-0.15, -0.1) is 0 Å². The van der Waals surface area contributed by atoms with Gasteiger partial charge in [0, 0.05) is 0 Å². The van der Waals surface area contributed by atoms with E-state index in [0.29, 0.717) is 0 Å². The summed E-state index contributed by atoms with van der Waals surface area (Å²) in [7, 11) is 0. The molecule has 1 saturated heterocycles. The van der Waals surface area contributed by atoms with E-state index in [0.717, 1.165) is 10.9 Å². The Labute approximate surface area is 99.9 Å². The molecule has 1 aliphatic rings. The Morgan fingerprint density at radius 1 is 1.56 bits per heavy atom. The fraction of sp³-hybridized carbons (Fsp3) is 0.625. The van der Waals surface area contributed by atoms with Crippen LogP contribution >= 0.6 is 0 Å². The van der Waals surface area contributed by atoms with Crippen LogP contribution in [0.4, 0.5) is 5.95 Å². The number of nitrogens with two attached hydrogens (primary N) is 1. The summed E-state index contributed by atoms with van der Waals surface area (Å²) in [5.41, 5.74) is 4.32. The molecule has 0 saturated carbocycles. The number of aromatic nitrogens is 3. The normalized spacial score (nSPS) is 35.9. The van der Waals surface area contributed by atoms with Crippen molar-refractivity contribution in [3.63, 3.8) is 0 Å². The highest BCUT2D eigenvalue weighted by molar-refractivity contribution is 5.10. The minimum atomic E-state index is -2.36. The molecule has 0 bridgehead atoms. The Morgan fingerprint density at radius 2 is 2.22 bits per heavy atom. The zero-order valence-electron chi connectivity index (χ0n) is 9.04. The SMILES string of the molecule is Nc1ncn(C2OC(O)(CO)C(O)C2O)c(=O)n1. The lowest BCUT2D eigenvalue weighted by atomic mass is 10.1. The molecule has 100 valence electrons. The lowest BCUT2D eigenvalue weighted by Crippen LogP contribution is -2.46. The Bertz CT molecular complexity index is 507. The standard InChI is InChI=1S/C8H12N4O6/c9-6-10-2-12(7(16)11-6)5-3(14)4(15)8(17,1-13)18-5/h2-5,13-15,17H,1H2,(H2,9,11,16). The zero-order chi connectivity index (χ0) is 13.5. The van der Waals surface area contributed by atoms with Gasteiger partial charge in [-0.25, -0.2) is 9.78 Å². The maximum atomic E-state index is 11.5. The molecule has 2 heterocycles. The first-order chi connectivity index (χ1) is 8.39. The van der Waals surface area contributed by atoms with Crippen molar-refractivity contribution in [2.24, 2.45) is 0 Å². The van der Waals surface area contributed by atoms with Crippen LogP contribution in [0.5, 0.6) is 0 Å². The largest absolute Gasteiger partial charge is 0.391 e. The van der Waals surface area contributed by atoms with Crippen molar-refractivity contribution in [1.29, 1.82) is 0 Å². The fourth-order valence-corrected chi connectivity index (χ4v) is 1.65. The van der Waals surface area contributed by atoms with Crippen LogP contribution in [0.1, 0.15) is 6.23 Å². The lowest BCUT2D eigenvalue weighted by molar-refractivity contribution is -0.254. The van der Waals surface area contributed by atoms with Gasteiger partial charge in [-0.05, 0) is 0 Å². The van der Waals surface area contributed by atoms with Crippen LogP contribution < -0.4 is 11.4 Å². The fourth-order valence-electron chi connectivity index (χ4n) is 1.65. The molecule has 1 fully saturated rings. The van der Waals surface area contributed by atoms with Crippen molar-refractivity contribution < 1.29 is 25.2 Å². The van der Waals surface area contributed by atoms with Crippen molar-refractivity contribution in [2.75, 3.05) is 12.3 Å². The molecule has 0 aliphatic carbocycles. The maximum Gasteiger partial charge on any atom is 0.354 e. The summed E-state index contributed by atoms with van der Waals surface area (Å²) < 4.78 is 5.62. The van der Waals surface area contributed by atoms with Gasteiger partial charge in [0.2, 0.25) is 11.7 Å². The average Bonchev–Trinajstić information content (AvgIpc) is 2.55. The van der Waals surface area contributed by atoms with Crippen LogP contribution in [0.3, 0.4) is 0 Å². The second-order valence-electron chi connectivity index (χ2n) is 3.85. The van der Waals surface area contributed by atoms with Gasteiger partial charge in [0.15, 0.2) is 6.23 Å². The highest BCUT2D eigenvalue weighted by atomic mass is 16.7. The number of hydrogen-bond acceptors (Lipinski definition) is 9. The lowest BCUT2D eigenvalue weighted by Gasteiger charge is -2.22. The average molecular weight is 260 g/mol. The molecule has 0 spiro atoms. The summed E-state index contributed by atoms with van der Waals surface area (Å²) in [5, 5.41) is 37.8. The molecule has 10 heteroatoms. The Morgan fingerprint density at radius 3 is 2.72 bits per heavy atom. The number of nitrogens with zero attached hydrogens (tertiary/aromatic N) is 3. The van der Waals surface area contributed by atoms with Crippen molar-refractivity contribution >= 4 is 5.95 Å². The Hall–Kier alpha value is -1.59. The van der Waals surface area contributed by atoms with E-state index in [1.165, 1.54) is 0 Å². The molecular weight excluding hydrogens is 248 g/mol. The van der Waals surface area contributed by atoms with E-state index < -0.39 is 36.5 Å². The predicted molar refractivity (Wildman–Crippen MR) is 54.9 cm³/mol. The molecule has 1 aromatic rings. The number of aliphatic hydroxyl groups is 4. The first kappa shape index (κ1) is 12.9. The summed E-state index contributed by atoms with van der Waals surface area (Å²) in [4.78, 5) is 18.3. The van der Waals surface area contributed by atoms with Crippen LogP contribution in [0.2, 0.25) is 0 Å². The van der Waals surface area contributed by atoms with E-state index in [2.05, 4.69) is 9.97 Å². The molecule has 0 radical (unpaired) electrons. The maximum absolute atomic E-state index is 11.5. The van der Waals surface area contributed by atoms with Crippen molar-refractivity contribution in [3.8, 4) is 0 Å². The summed E-state index contributed by atoms with van der Waals surface area (Å²) in [5.74, 6) is -2.62. The van der Waals surface area contributed by atoms with E-state index in [9.17, 15) is 20.1 Å².